The van der Waals surface area contributed by atoms with E-state index in [1.807, 2.05) is 6.07 Å². The van der Waals surface area contributed by atoms with Crippen molar-refractivity contribution in [1.82, 2.24) is 9.88 Å². The predicted molar refractivity (Wildman–Crippen MR) is 176 cm³/mol. The molecule has 0 aliphatic heterocycles. The number of halogens is 1. The van der Waals surface area contributed by atoms with Crippen molar-refractivity contribution in [3.63, 3.8) is 0 Å². The van der Waals surface area contributed by atoms with Gasteiger partial charge in [-0.1, -0.05) is 25.1 Å². The fourth-order valence-corrected chi connectivity index (χ4v) is 6.26. The van der Waals surface area contributed by atoms with Crippen molar-refractivity contribution in [3.05, 3.63) is 77.2 Å². The van der Waals surface area contributed by atoms with Crippen molar-refractivity contribution in [2.45, 2.75) is 72.0 Å². The van der Waals surface area contributed by atoms with Gasteiger partial charge in [-0.3, -0.25) is 14.3 Å². The molecule has 0 unspecified atom stereocenters. The molecular formula is C35H44FN2O8P. The van der Waals surface area contributed by atoms with Crippen LogP contribution in [-0.2, 0) is 20.6 Å². The Balaban J connectivity index is 1.60. The number of methoxy groups -OCH3 is 1. The maximum atomic E-state index is 15.1. The summed E-state index contributed by atoms with van der Waals surface area (Å²) in [7, 11) is -2.82. The Morgan fingerprint density at radius 2 is 1.72 bits per heavy atom. The van der Waals surface area contributed by atoms with Crippen LogP contribution in [0, 0.1) is 17.7 Å². The van der Waals surface area contributed by atoms with Crippen LogP contribution in [0.3, 0.4) is 0 Å². The molecule has 10 nitrogen and oxygen atoms in total. The Kier molecular flexibility index (Phi) is 12.0. The molecule has 4 rings (SSSR count). The Hall–Kier alpha value is -3.63. The Morgan fingerprint density at radius 1 is 1.02 bits per heavy atom. The highest BCUT2D eigenvalue weighted by molar-refractivity contribution is 7.51. The number of aromatic nitrogens is 1. The summed E-state index contributed by atoms with van der Waals surface area (Å²) in [6.07, 6.45) is 2.44. The molecule has 1 fully saturated rings. The van der Waals surface area contributed by atoms with Crippen molar-refractivity contribution in [1.29, 1.82) is 0 Å². The first-order valence-corrected chi connectivity index (χ1v) is 17.6. The van der Waals surface area contributed by atoms with E-state index in [0.29, 0.717) is 29.0 Å². The minimum absolute atomic E-state index is 0.184. The van der Waals surface area contributed by atoms with Gasteiger partial charge in [0.2, 0.25) is 5.88 Å². The van der Waals surface area contributed by atoms with Crippen molar-refractivity contribution in [3.8, 4) is 22.8 Å². The van der Waals surface area contributed by atoms with Crippen molar-refractivity contribution >= 4 is 19.5 Å². The number of nitrogens with zero attached hydrogens (tertiary/aromatic N) is 2. The second kappa shape index (κ2) is 15.5. The van der Waals surface area contributed by atoms with Crippen LogP contribution < -0.4 is 9.47 Å². The maximum absolute atomic E-state index is 15.1. The number of carbonyl (C=O) groups is 2. The number of esters is 2. The molecule has 0 bridgehead atoms. The van der Waals surface area contributed by atoms with E-state index >= 15 is 4.39 Å². The molecule has 2 aromatic carbocycles. The highest BCUT2D eigenvalue weighted by Crippen LogP contribution is 2.47. The summed E-state index contributed by atoms with van der Waals surface area (Å²) in [5.74, 6) is -1.61. The van der Waals surface area contributed by atoms with E-state index in [0.717, 1.165) is 30.2 Å². The summed E-state index contributed by atoms with van der Waals surface area (Å²) in [6.45, 7) is 10.2. The monoisotopic (exact) mass is 670 g/mol. The minimum Gasteiger partial charge on any atom is -0.481 e. The Labute approximate surface area is 275 Å². The van der Waals surface area contributed by atoms with Crippen molar-refractivity contribution < 1.29 is 42.5 Å². The van der Waals surface area contributed by atoms with Gasteiger partial charge >= 0.3 is 19.5 Å². The van der Waals surface area contributed by atoms with Crippen LogP contribution in [0.2, 0.25) is 0 Å². The molecule has 3 aromatic rings. The summed E-state index contributed by atoms with van der Waals surface area (Å²) >= 11 is 0. The molecule has 0 spiro atoms. The molecule has 1 aliphatic rings. The number of rotatable bonds is 15. The summed E-state index contributed by atoms with van der Waals surface area (Å²) < 4.78 is 42.5. The lowest BCUT2D eigenvalue weighted by molar-refractivity contribution is -0.148. The zero-order valence-electron chi connectivity index (χ0n) is 27.7. The largest absolute Gasteiger partial charge is 0.481 e. The average molecular weight is 671 g/mol. The third-order valence-corrected chi connectivity index (χ3v) is 9.24. The van der Waals surface area contributed by atoms with E-state index in [9.17, 15) is 14.2 Å². The van der Waals surface area contributed by atoms with Gasteiger partial charge in [0.15, 0.2) is 0 Å². The number of carbonyl (C=O) groups excluding carboxylic acids is 2. The quantitative estimate of drug-likeness (QED) is 0.104. The molecule has 12 heteroatoms. The molecule has 0 radical (unpaired) electrons. The smallest absolute Gasteiger partial charge is 0.343 e. The SMILES string of the molecule is COc1cc(-c2ccc(C(=O)Oc3cccc([C@H](C4CC4)[C@H](C)C(=O)OCCP(=O)(O)O)c3)cc2CN(C(C)C)C(C)C)c(F)cn1. The van der Waals surface area contributed by atoms with E-state index < -0.39 is 37.4 Å². The Morgan fingerprint density at radius 3 is 2.34 bits per heavy atom. The van der Waals surface area contributed by atoms with Crippen LogP contribution in [-0.4, -0.2) is 63.6 Å². The van der Waals surface area contributed by atoms with Gasteiger partial charge in [0.05, 0.1) is 30.9 Å². The van der Waals surface area contributed by atoms with Gasteiger partial charge in [0.25, 0.3) is 0 Å². The molecule has 2 N–H and O–H groups in total. The molecule has 47 heavy (non-hydrogen) atoms. The van der Waals surface area contributed by atoms with E-state index in [1.165, 1.54) is 13.2 Å². The van der Waals surface area contributed by atoms with E-state index in [1.54, 1.807) is 43.3 Å². The molecule has 2 atom stereocenters. The highest BCUT2D eigenvalue weighted by Gasteiger charge is 2.39. The van der Waals surface area contributed by atoms with Crippen LogP contribution in [0.5, 0.6) is 11.6 Å². The molecular weight excluding hydrogens is 626 g/mol. The fraction of sp³-hybridized carbons (Fsp3) is 0.457. The third-order valence-electron chi connectivity index (χ3n) is 8.47. The first kappa shape index (κ1) is 36.2. The molecule has 0 saturated heterocycles. The number of benzene rings is 2. The number of hydrogen-bond acceptors (Lipinski definition) is 8. The van der Waals surface area contributed by atoms with Gasteiger partial charge < -0.3 is 24.0 Å². The summed E-state index contributed by atoms with van der Waals surface area (Å²) in [4.78, 5) is 50.7. The van der Waals surface area contributed by atoms with Gasteiger partial charge in [-0.25, -0.2) is 14.2 Å². The standard InChI is InChI=1S/C35H44FN2O8P/c1-21(2)38(22(3)4)20-27-16-26(12-13-29(27)30-18-32(44-6)37-19-31(30)36)35(40)46-28-9-7-8-25(17-28)33(24-10-11-24)23(5)34(39)45-14-15-47(41,42)43/h7-9,12-13,16-19,21-24,33H,10-11,14-15,20H2,1-6H3,(H2,41,42,43)/t23-,33-/m0/s1. The molecule has 1 saturated carbocycles. The topological polar surface area (TPSA) is 135 Å². The van der Waals surface area contributed by atoms with Gasteiger partial charge in [-0.2, -0.15) is 0 Å². The molecule has 0 amide bonds. The van der Waals surface area contributed by atoms with Gasteiger partial charge in [-0.05, 0) is 93.3 Å². The number of pyridine rings is 1. The number of hydrogen-bond donors (Lipinski definition) is 2. The maximum Gasteiger partial charge on any atom is 0.343 e. The first-order valence-electron chi connectivity index (χ1n) is 15.8. The van der Waals surface area contributed by atoms with Crippen molar-refractivity contribution in [2.24, 2.45) is 11.8 Å². The van der Waals surface area contributed by atoms with E-state index in [-0.39, 0.29) is 36.4 Å². The van der Waals surface area contributed by atoms with Crippen LogP contribution >= 0.6 is 7.60 Å². The lowest BCUT2D eigenvalue weighted by Crippen LogP contribution is -2.36. The molecule has 1 aliphatic carbocycles. The molecule has 1 heterocycles. The van der Waals surface area contributed by atoms with Gasteiger partial charge in [-0.15, -0.1) is 0 Å². The summed E-state index contributed by atoms with van der Waals surface area (Å²) in [6, 6.07) is 14.0. The zero-order valence-corrected chi connectivity index (χ0v) is 28.6. The van der Waals surface area contributed by atoms with Crippen LogP contribution in [0.15, 0.2) is 54.7 Å². The zero-order chi connectivity index (χ0) is 34.5. The fourth-order valence-electron chi connectivity index (χ4n) is 5.93. The second-order valence-electron chi connectivity index (χ2n) is 12.6. The first-order chi connectivity index (χ1) is 22.2. The average Bonchev–Trinajstić information content (AvgIpc) is 3.84. The second-order valence-corrected chi connectivity index (χ2v) is 14.4. The van der Waals surface area contributed by atoms with Crippen LogP contribution in [0.1, 0.15) is 74.9 Å². The highest BCUT2D eigenvalue weighted by atomic mass is 31.2. The normalized spacial score (nSPS) is 14.7. The third kappa shape index (κ3) is 9.70. The van der Waals surface area contributed by atoms with Gasteiger partial charge in [0.1, 0.15) is 18.2 Å². The molecule has 1 aromatic heterocycles. The predicted octanol–water partition coefficient (Wildman–Crippen LogP) is 6.58. The van der Waals surface area contributed by atoms with Gasteiger partial charge in [0, 0.05) is 30.3 Å². The minimum atomic E-state index is -4.28. The van der Waals surface area contributed by atoms with E-state index in [4.69, 9.17) is 24.0 Å². The number of ether oxygens (including phenoxy) is 3. The molecule has 254 valence electrons. The van der Waals surface area contributed by atoms with Crippen molar-refractivity contribution in [2.75, 3.05) is 19.9 Å². The summed E-state index contributed by atoms with van der Waals surface area (Å²) in [5.41, 5.74) is 2.76. The van der Waals surface area contributed by atoms with Crippen LogP contribution in [0.4, 0.5) is 4.39 Å². The lowest BCUT2D eigenvalue weighted by atomic mass is 9.83. The summed E-state index contributed by atoms with van der Waals surface area (Å²) in [5, 5.41) is 0. The van der Waals surface area contributed by atoms with E-state index in [2.05, 4.69) is 37.6 Å². The van der Waals surface area contributed by atoms with Crippen LogP contribution in [0.25, 0.3) is 11.1 Å². The Bertz CT molecular complexity index is 1610. The lowest BCUT2D eigenvalue weighted by Gasteiger charge is -2.31.